The summed E-state index contributed by atoms with van der Waals surface area (Å²) in [5, 5.41) is 9.73. The highest BCUT2D eigenvalue weighted by Crippen LogP contribution is 2.31. The van der Waals surface area contributed by atoms with Crippen LogP contribution in [0.4, 0.5) is 4.39 Å². The number of aryl methyl sites for hydroxylation is 1. The van der Waals surface area contributed by atoms with E-state index in [4.69, 9.17) is 4.74 Å². The van der Waals surface area contributed by atoms with Crippen molar-refractivity contribution in [2.75, 3.05) is 13.3 Å². The first-order chi connectivity index (χ1) is 7.31. The Labute approximate surface area is 88.7 Å². The molecule has 0 spiro atoms. The van der Waals surface area contributed by atoms with Crippen LogP contribution in [0, 0.1) is 0 Å². The van der Waals surface area contributed by atoms with Gasteiger partial charge in [-0.2, -0.15) is 0 Å². The summed E-state index contributed by atoms with van der Waals surface area (Å²) in [4.78, 5) is 0. The molecule has 1 unspecified atom stereocenters. The van der Waals surface area contributed by atoms with Crippen LogP contribution in [0.5, 0.6) is 5.75 Å². The summed E-state index contributed by atoms with van der Waals surface area (Å²) in [6.45, 7) is -0.374. The zero-order valence-corrected chi connectivity index (χ0v) is 8.58. The van der Waals surface area contributed by atoms with Crippen LogP contribution in [0.3, 0.4) is 0 Å². The van der Waals surface area contributed by atoms with Gasteiger partial charge in [0.05, 0.1) is 6.10 Å². The second kappa shape index (κ2) is 4.62. The number of hydrogen-bond acceptors (Lipinski definition) is 2. The predicted molar refractivity (Wildman–Crippen MR) is 55.8 cm³/mol. The maximum absolute atomic E-state index is 11.9. The van der Waals surface area contributed by atoms with Gasteiger partial charge in [-0.3, -0.25) is 0 Å². The summed E-state index contributed by atoms with van der Waals surface area (Å²) in [5.41, 5.74) is 2.12. The zero-order chi connectivity index (χ0) is 10.7. The number of rotatable bonds is 3. The zero-order valence-electron chi connectivity index (χ0n) is 8.58. The van der Waals surface area contributed by atoms with E-state index in [1.807, 2.05) is 12.1 Å². The van der Waals surface area contributed by atoms with Crippen LogP contribution in [0.1, 0.15) is 30.1 Å². The molecule has 1 aliphatic carbocycles. The number of benzene rings is 1. The smallest absolute Gasteiger partial charge is 0.123 e. The molecule has 1 aromatic carbocycles. The monoisotopic (exact) mass is 210 g/mol. The summed E-state index contributed by atoms with van der Waals surface area (Å²) < 4.78 is 17.1. The fourth-order valence-electron chi connectivity index (χ4n) is 2.01. The molecule has 15 heavy (non-hydrogen) atoms. The number of alkyl halides is 1. The molecule has 1 atom stereocenters. The summed E-state index contributed by atoms with van der Waals surface area (Å²) in [7, 11) is 0. The van der Waals surface area contributed by atoms with E-state index in [0.717, 1.165) is 30.4 Å². The second-order valence-electron chi connectivity index (χ2n) is 3.81. The molecule has 1 aliphatic rings. The molecule has 1 N–H and O–H groups in total. The molecule has 1 aromatic rings. The molecular formula is C12H15FO2. The van der Waals surface area contributed by atoms with Crippen molar-refractivity contribution < 1.29 is 14.2 Å². The van der Waals surface area contributed by atoms with E-state index in [0.29, 0.717) is 5.75 Å². The van der Waals surface area contributed by atoms with Gasteiger partial charge in [0.25, 0.3) is 0 Å². The highest BCUT2D eigenvalue weighted by molar-refractivity contribution is 5.38. The van der Waals surface area contributed by atoms with Crippen molar-refractivity contribution in [3.8, 4) is 5.75 Å². The Morgan fingerprint density at radius 1 is 1.47 bits per heavy atom. The van der Waals surface area contributed by atoms with Gasteiger partial charge in [0, 0.05) is 0 Å². The van der Waals surface area contributed by atoms with Crippen molar-refractivity contribution >= 4 is 0 Å². The largest absolute Gasteiger partial charge is 0.491 e. The number of fused-ring (bicyclic) bond motifs is 1. The Morgan fingerprint density at radius 2 is 2.33 bits per heavy atom. The molecule has 0 amide bonds. The Morgan fingerprint density at radius 3 is 3.13 bits per heavy atom. The third-order valence-corrected chi connectivity index (χ3v) is 2.74. The number of aliphatic hydroxyl groups is 1. The van der Waals surface area contributed by atoms with Crippen LogP contribution < -0.4 is 4.74 Å². The van der Waals surface area contributed by atoms with Crippen molar-refractivity contribution in [3.05, 3.63) is 29.3 Å². The van der Waals surface area contributed by atoms with Gasteiger partial charge >= 0.3 is 0 Å². The molecule has 0 radical (unpaired) electrons. The van der Waals surface area contributed by atoms with Gasteiger partial charge in [0.2, 0.25) is 0 Å². The van der Waals surface area contributed by atoms with Crippen LogP contribution in [0.15, 0.2) is 18.2 Å². The minimum atomic E-state index is -0.473. The molecule has 0 heterocycles. The third kappa shape index (κ3) is 2.29. The lowest BCUT2D eigenvalue weighted by Crippen LogP contribution is -2.09. The highest BCUT2D eigenvalue weighted by Gasteiger charge is 2.17. The van der Waals surface area contributed by atoms with E-state index >= 15 is 0 Å². The van der Waals surface area contributed by atoms with E-state index in [1.165, 1.54) is 0 Å². The van der Waals surface area contributed by atoms with E-state index in [9.17, 15) is 9.50 Å². The van der Waals surface area contributed by atoms with Crippen molar-refractivity contribution in [2.45, 2.75) is 25.4 Å². The van der Waals surface area contributed by atoms with Crippen molar-refractivity contribution in [2.24, 2.45) is 0 Å². The number of ether oxygens (including phenoxy) is 1. The highest BCUT2D eigenvalue weighted by atomic mass is 19.1. The number of hydrogen-bond donors (Lipinski definition) is 1. The Kier molecular flexibility index (Phi) is 3.21. The van der Waals surface area contributed by atoms with Crippen LogP contribution in [0.25, 0.3) is 0 Å². The molecule has 0 aromatic heterocycles. The molecule has 2 nitrogen and oxygen atoms in total. The summed E-state index contributed by atoms with van der Waals surface area (Å²) in [6.07, 6.45) is 2.46. The van der Waals surface area contributed by atoms with Gasteiger partial charge in [-0.15, -0.1) is 0 Å². The first-order valence-electron chi connectivity index (χ1n) is 5.31. The van der Waals surface area contributed by atoms with Crippen molar-refractivity contribution in [1.29, 1.82) is 0 Å². The lowest BCUT2D eigenvalue weighted by Gasteiger charge is -2.21. The Bertz CT molecular complexity index is 338. The first-order valence-corrected chi connectivity index (χ1v) is 5.31. The number of aliphatic hydroxyl groups excluding tert-OH is 1. The molecular weight excluding hydrogens is 195 g/mol. The van der Waals surface area contributed by atoms with Gasteiger partial charge in [-0.25, -0.2) is 4.39 Å². The molecule has 0 saturated heterocycles. The average Bonchev–Trinajstić information content (AvgIpc) is 2.26. The molecule has 0 bridgehead atoms. The SMILES string of the molecule is OC1CCCc2cc(OCCF)ccc21. The quantitative estimate of drug-likeness (QED) is 0.830. The minimum absolute atomic E-state index is 0.0986. The molecule has 0 fully saturated rings. The molecule has 0 aliphatic heterocycles. The molecule has 3 heteroatoms. The van der Waals surface area contributed by atoms with Crippen molar-refractivity contribution in [3.63, 3.8) is 0 Å². The van der Waals surface area contributed by atoms with E-state index < -0.39 is 6.67 Å². The Balaban J connectivity index is 2.18. The van der Waals surface area contributed by atoms with Crippen LogP contribution >= 0.6 is 0 Å². The van der Waals surface area contributed by atoms with E-state index in [-0.39, 0.29) is 12.7 Å². The lowest BCUT2D eigenvalue weighted by atomic mass is 9.89. The van der Waals surface area contributed by atoms with Gasteiger partial charge in [0.1, 0.15) is 19.0 Å². The molecule has 2 rings (SSSR count). The molecule has 0 saturated carbocycles. The van der Waals surface area contributed by atoms with Crippen LogP contribution in [0.2, 0.25) is 0 Å². The lowest BCUT2D eigenvalue weighted by molar-refractivity contribution is 0.156. The summed E-state index contributed by atoms with van der Waals surface area (Å²) in [6, 6.07) is 5.59. The standard InChI is InChI=1S/C12H15FO2/c13-6-7-15-10-4-5-11-9(8-10)2-1-3-12(11)14/h4-5,8,12,14H,1-3,6-7H2. The normalized spacial score (nSPS) is 19.7. The maximum atomic E-state index is 11.9. The van der Waals surface area contributed by atoms with E-state index in [2.05, 4.69) is 0 Å². The maximum Gasteiger partial charge on any atom is 0.123 e. The van der Waals surface area contributed by atoms with Crippen LogP contribution in [-0.4, -0.2) is 18.4 Å². The van der Waals surface area contributed by atoms with Crippen molar-refractivity contribution in [1.82, 2.24) is 0 Å². The average molecular weight is 210 g/mol. The van der Waals surface area contributed by atoms with Gasteiger partial charge in [-0.1, -0.05) is 6.07 Å². The predicted octanol–water partition coefficient (Wildman–Crippen LogP) is 2.40. The number of halogens is 1. The molecule has 82 valence electrons. The second-order valence-corrected chi connectivity index (χ2v) is 3.81. The summed E-state index contributed by atoms with van der Waals surface area (Å²) in [5.74, 6) is 0.695. The fraction of sp³-hybridized carbons (Fsp3) is 0.500. The van der Waals surface area contributed by atoms with Gasteiger partial charge < -0.3 is 9.84 Å². The Hall–Kier alpha value is -1.09. The topological polar surface area (TPSA) is 29.5 Å². The van der Waals surface area contributed by atoms with Crippen LogP contribution in [-0.2, 0) is 6.42 Å². The third-order valence-electron chi connectivity index (χ3n) is 2.74. The fourth-order valence-corrected chi connectivity index (χ4v) is 2.01. The summed E-state index contributed by atoms with van der Waals surface area (Å²) >= 11 is 0. The van der Waals surface area contributed by atoms with Gasteiger partial charge in [-0.05, 0) is 42.5 Å². The minimum Gasteiger partial charge on any atom is -0.491 e. The first kappa shape index (κ1) is 10.4. The van der Waals surface area contributed by atoms with E-state index in [1.54, 1.807) is 6.07 Å². The van der Waals surface area contributed by atoms with Gasteiger partial charge in [0.15, 0.2) is 0 Å².